The number of anilines is 2. The van der Waals surface area contributed by atoms with Gasteiger partial charge < -0.3 is 15.1 Å². The van der Waals surface area contributed by atoms with Crippen LogP contribution >= 0.6 is 0 Å². The van der Waals surface area contributed by atoms with Crippen LogP contribution in [-0.4, -0.2) is 47.0 Å². The molecule has 0 radical (unpaired) electrons. The zero-order valence-corrected chi connectivity index (χ0v) is 15.7. The Morgan fingerprint density at radius 2 is 1.68 bits per heavy atom. The fourth-order valence-corrected chi connectivity index (χ4v) is 3.30. The number of nitrogens with zero attached hydrogens (tertiary/aromatic N) is 4. The Morgan fingerprint density at radius 3 is 2.36 bits per heavy atom. The Labute approximate surface area is 164 Å². The van der Waals surface area contributed by atoms with Gasteiger partial charge in [-0.3, -0.25) is 9.78 Å². The van der Waals surface area contributed by atoms with Crippen LogP contribution in [0, 0.1) is 0 Å². The number of carbonyl (C=O) groups excluding carboxylic acids is 1. The summed E-state index contributed by atoms with van der Waals surface area (Å²) in [6, 6.07) is 19.8. The van der Waals surface area contributed by atoms with E-state index in [1.54, 1.807) is 12.4 Å². The van der Waals surface area contributed by atoms with E-state index in [2.05, 4.69) is 32.3 Å². The number of nitrogens with one attached hydrogen (secondary N) is 1. The summed E-state index contributed by atoms with van der Waals surface area (Å²) in [5, 5.41) is 3.23. The van der Waals surface area contributed by atoms with Crippen molar-refractivity contribution in [1.29, 1.82) is 0 Å². The highest BCUT2D eigenvalue weighted by molar-refractivity contribution is 5.94. The molecule has 3 heterocycles. The van der Waals surface area contributed by atoms with Gasteiger partial charge in [-0.1, -0.05) is 24.3 Å². The summed E-state index contributed by atoms with van der Waals surface area (Å²) in [7, 11) is 0. The molecule has 1 aromatic carbocycles. The number of rotatable bonds is 5. The number of aromatic nitrogens is 2. The second-order valence-electron chi connectivity index (χ2n) is 6.72. The predicted molar refractivity (Wildman–Crippen MR) is 110 cm³/mol. The zero-order chi connectivity index (χ0) is 19.2. The van der Waals surface area contributed by atoms with E-state index in [0.717, 1.165) is 24.6 Å². The van der Waals surface area contributed by atoms with Crippen molar-refractivity contribution in [2.75, 3.05) is 36.4 Å². The van der Waals surface area contributed by atoms with Crippen LogP contribution in [0.4, 0.5) is 11.5 Å². The van der Waals surface area contributed by atoms with Crippen LogP contribution < -0.4 is 10.2 Å². The Bertz CT molecular complexity index is 891. The van der Waals surface area contributed by atoms with Gasteiger partial charge in [0, 0.05) is 44.3 Å². The summed E-state index contributed by atoms with van der Waals surface area (Å²) < 4.78 is 0. The van der Waals surface area contributed by atoms with Crippen LogP contribution in [0.3, 0.4) is 0 Å². The largest absolute Gasteiger partial charge is 0.368 e. The number of benzene rings is 1. The van der Waals surface area contributed by atoms with Gasteiger partial charge in [0.25, 0.3) is 5.91 Å². The Balaban J connectivity index is 1.31. The minimum Gasteiger partial charge on any atom is -0.368 e. The summed E-state index contributed by atoms with van der Waals surface area (Å²) in [6.45, 7) is 3.71. The highest BCUT2D eigenvalue weighted by atomic mass is 16.2. The molecule has 2 aromatic heterocycles. The van der Waals surface area contributed by atoms with Gasteiger partial charge in [-0.25, -0.2) is 4.98 Å². The van der Waals surface area contributed by atoms with E-state index < -0.39 is 0 Å². The molecule has 0 atom stereocenters. The van der Waals surface area contributed by atoms with Gasteiger partial charge in [0.1, 0.15) is 5.82 Å². The number of pyridine rings is 2. The summed E-state index contributed by atoms with van der Waals surface area (Å²) in [6.07, 6.45) is 3.41. The van der Waals surface area contributed by atoms with Crippen LogP contribution in [0.15, 0.2) is 73.1 Å². The lowest BCUT2D eigenvalue weighted by Gasteiger charge is -2.36. The first-order valence-electron chi connectivity index (χ1n) is 9.49. The van der Waals surface area contributed by atoms with Crippen LogP contribution in [0.5, 0.6) is 0 Å². The summed E-state index contributed by atoms with van der Waals surface area (Å²) in [5.41, 5.74) is 2.77. The molecular weight excluding hydrogens is 350 g/mol. The molecule has 0 bridgehead atoms. The maximum absolute atomic E-state index is 12.8. The first-order valence-corrected chi connectivity index (χ1v) is 9.49. The maximum Gasteiger partial charge on any atom is 0.255 e. The summed E-state index contributed by atoms with van der Waals surface area (Å²) >= 11 is 0. The van der Waals surface area contributed by atoms with Crippen molar-refractivity contribution in [1.82, 2.24) is 14.9 Å². The van der Waals surface area contributed by atoms with Gasteiger partial charge in [0.05, 0.1) is 17.8 Å². The Hall–Kier alpha value is -3.41. The number of hydrogen-bond donors (Lipinski definition) is 1. The lowest BCUT2D eigenvalue weighted by molar-refractivity contribution is 0.0746. The van der Waals surface area contributed by atoms with Crippen molar-refractivity contribution in [2.24, 2.45) is 0 Å². The van der Waals surface area contributed by atoms with Gasteiger partial charge in [-0.2, -0.15) is 0 Å². The topological polar surface area (TPSA) is 61.4 Å². The standard InChI is InChI=1S/C22H23N5O/c28-22(27-14-12-26(13-15-27)20-7-2-1-3-8-20)18-9-10-21(24-16-18)25-17-19-6-4-5-11-23-19/h1-11,16H,12-15,17H2,(H,24,25). The molecule has 142 valence electrons. The first-order chi connectivity index (χ1) is 13.8. The maximum atomic E-state index is 12.8. The molecule has 1 aliphatic rings. The number of amides is 1. The van der Waals surface area contributed by atoms with E-state index in [4.69, 9.17) is 0 Å². The normalized spacial score (nSPS) is 14.0. The van der Waals surface area contributed by atoms with E-state index in [9.17, 15) is 4.79 Å². The Morgan fingerprint density at radius 1 is 0.893 bits per heavy atom. The predicted octanol–water partition coefficient (Wildman–Crippen LogP) is 3.05. The molecule has 28 heavy (non-hydrogen) atoms. The minimum atomic E-state index is 0.0384. The van der Waals surface area contributed by atoms with Gasteiger partial charge in [0.2, 0.25) is 0 Å². The van der Waals surface area contributed by atoms with E-state index in [1.165, 1.54) is 5.69 Å². The molecule has 0 spiro atoms. The second-order valence-corrected chi connectivity index (χ2v) is 6.72. The minimum absolute atomic E-state index is 0.0384. The molecule has 1 saturated heterocycles. The molecule has 4 rings (SSSR count). The number of para-hydroxylation sites is 1. The lowest BCUT2D eigenvalue weighted by Crippen LogP contribution is -2.48. The summed E-state index contributed by atoms with van der Waals surface area (Å²) in [4.78, 5) is 25.6. The van der Waals surface area contributed by atoms with Crippen molar-refractivity contribution in [3.63, 3.8) is 0 Å². The summed E-state index contributed by atoms with van der Waals surface area (Å²) in [5.74, 6) is 0.771. The highest BCUT2D eigenvalue weighted by Crippen LogP contribution is 2.17. The van der Waals surface area contributed by atoms with Crippen molar-refractivity contribution >= 4 is 17.4 Å². The number of carbonyl (C=O) groups is 1. The fourth-order valence-electron chi connectivity index (χ4n) is 3.30. The second kappa shape index (κ2) is 8.52. The smallest absolute Gasteiger partial charge is 0.255 e. The van der Waals surface area contributed by atoms with Gasteiger partial charge in [0.15, 0.2) is 0 Å². The molecule has 6 heteroatoms. The number of hydrogen-bond acceptors (Lipinski definition) is 5. The van der Waals surface area contributed by atoms with Gasteiger partial charge in [-0.15, -0.1) is 0 Å². The molecule has 1 N–H and O–H groups in total. The molecular formula is C22H23N5O. The lowest BCUT2D eigenvalue weighted by atomic mass is 10.2. The van der Waals surface area contributed by atoms with E-state index in [0.29, 0.717) is 25.2 Å². The van der Waals surface area contributed by atoms with Gasteiger partial charge in [-0.05, 0) is 36.4 Å². The molecule has 1 fully saturated rings. The average molecular weight is 373 g/mol. The molecule has 1 amide bonds. The molecule has 6 nitrogen and oxygen atoms in total. The first kappa shape index (κ1) is 18.0. The van der Waals surface area contributed by atoms with Crippen LogP contribution in [0.2, 0.25) is 0 Å². The third-order valence-corrected chi connectivity index (χ3v) is 4.88. The van der Waals surface area contributed by atoms with E-state index >= 15 is 0 Å². The highest BCUT2D eigenvalue weighted by Gasteiger charge is 2.22. The zero-order valence-electron chi connectivity index (χ0n) is 15.7. The van der Waals surface area contributed by atoms with Crippen LogP contribution in [0.1, 0.15) is 16.1 Å². The fraction of sp³-hybridized carbons (Fsp3) is 0.227. The molecule has 3 aromatic rings. The third-order valence-electron chi connectivity index (χ3n) is 4.88. The number of piperazine rings is 1. The molecule has 0 saturated carbocycles. The molecule has 1 aliphatic heterocycles. The van der Waals surface area contributed by atoms with E-state index in [-0.39, 0.29) is 5.91 Å². The van der Waals surface area contributed by atoms with Crippen molar-refractivity contribution in [2.45, 2.75) is 6.54 Å². The van der Waals surface area contributed by atoms with Crippen LogP contribution in [0.25, 0.3) is 0 Å². The van der Waals surface area contributed by atoms with Gasteiger partial charge >= 0.3 is 0 Å². The van der Waals surface area contributed by atoms with Crippen LogP contribution in [-0.2, 0) is 6.54 Å². The quantitative estimate of drug-likeness (QED) is 0.745. The molecule has 0 aliphatic carbocycles. The third kappa shape index (κ3) is 4.28. The molecule has 0 unspecified atom stereocenters. The van der Waals surface area contributed by atoms with E-state index in [1.807, 2.05) is 53.4 Å². The van der Waals surface area contributed by atoms with Crippen molar-refractivity contribution in [3.8, 4) is 0 Å². The van der Waals surface area contributed by atoms with Crippen molar-refractivity contribution in [3.05, 3.63) is 84.3 Å². The SMILES string of the molecule is O=C(c1ccc(NCc2ccccn2)nc1)N1CCN(c2ccccc2)CC1. The monoisotopic (exact) mass is 373 g/mol. The Kier molecular flexibility index (Phi) is 5.47. The van der Waals surface area contributed by atoms with Crippen molar-refractivity contribution < 1.29 is 4.79 Å². The average Bonchev–Trinajstić information content (AvgIpc) is 2.79.